The molecule has 0 aliphatic carbocycles. The van der Waals surface area contributed by atoms with E-state index < -0.39 is 17.8 Å². The summed E-state index contributed by atoms with van der Waals surface area (Å²) in [6.07, 6.45) is -5.66. The Morgan fingerprint density at radius 3 is 2.46 bits per heavy atom. The second-order valence-electron chi connectivity index (χ2n) is 7.06. The number of carbonyl (C=O) groups is 1. The summed E-state index contributed by atoms with van der Waals surface area (Å²) in [6, 6.07) is 5.20. The van der Waals surface area contributed by atoms with E-state index in [2.05, 4.69) is 10.2 Å². The standard InChI is InChI=1S/C19H24F3N3O2S/c1-13-17(28-12-18(27)23-13)11-25-8-6-24(7-9-25)10-16(26)14-4-2-3-5-15(14)19(20,21)22/h2-5,16,26H,6-12H2,1H3,(H,23,27). The van der Waals surface area contributed by atoms with Gasteiger partial charge in [0.05, 0.1) is 17.4 Å². The summed E-state index contributed by atoms with van der Waals surface area (Å²) in [5, 5.41) is 13.2. The maximum absolute atomic E-state index is 13.2. The number of hydrogen-bond donors (Lipinski definition) is 2. The van der Waals surface area contributed by atoms with E-state index >= 15 is 0 Å². The van der Waals surface area contributed by atoms with Gasteiger partial charge in [0.2, 0.25) is 5.91 Å². The molecule has 1 aromatic rings. The molecule has 9 heteroatoms. The average Bonchev–Trinajstić information content (AvgIpc) is 2.65. The second kappa shape index (κ2) is 8.86. The number of amides is 1. The number of carbonyl (C=O) groups excluding carboxylic acids is 1. The number of benzene rings is 1. The molecule has 0 spiro atoms. The van der Waals surface area contributed by atoms with Crippen molar-refractivity contribution in [2.45, 2.75) is 19.2 Å². The van der Waals surface area contributed by atoms with E-state index in [-0.39, 0.29) is 18.0 Å². The smallest absolute Gasteiger partial charge is 0.387 e. The molecule has 0 aromatic heterocycles. The predicted octanol–water partition coefficient (Wildman–Crippen LogP) is 2.45. The molecule has 2 aliphatic heterocycles. The van der Waals surface area contributed by atoms with E-state index in [1.165, 1.54) is 18.2 Å². The lowest BCUT2D eigenvalue weighted by Gasteiger charge is -2.36. The first kappa shape index (κ1) is 21.2. The maximum atomic E-state index is 13.2. The molecule has 0 saturated carbocycles. The zero-order chi connectivity index (χ0) is 20.3. The Hall–Kier alpha value is -1.55. The van der Waals surface area contributed by atoms with Crippen LogP contribution >= 0.6 is 11.8 Å². The van der Waals surface area contributed by atoms with Crippen LogP contribution in [0, 0.1) is 0 Å². The van der Waals surface area contributed by atoms with Crippen molar-refractivity contribution in [1.29, 1.82) is 0 Å². The number of nitrogens with one attached hydrogen (secondary N) is 1. The number of piperazine rings is 1. The Balaban J connectivity index is 1.54. The molecule has 1 saturated heterocycles. The Morgan fingerprint density at radius 1 is 1.18 bits per heavy atom. The number of aliphatic hydroxyl groups is 1. The van der Waals surface area contributed by atoms with Crippen molar-refractivity contribution >= 4 is 17.7 Å². The van der Waals surface area contributed by atoms with Gasteiger partial charge in [0.1, 0.15) is 0 Å². The minimum absolute atomic E-state index is 0.0178. The minimum atomic E-state index is -4.48. The highest BCUT2D eigenvalue weighted by atomic mass is 32.2. The van der Waals surface area contributed by atoms with Crippen LogP contribution in [0.3, 0.4) is 0 Å². The molecule has 154 valence electrons. The molecule has 0 bridgehead atoms. The van der Waals surface area contributed by atoms with E-state index in [1.807, 2.05) is 11.8 Å². The average molecular weight is 415 g/mol. The summed E-state index contributed by atoms with van der Waals surface area (Å²) < 4.78 is 39.5. The van der Waals surface area contributed by atoms with Gasteiger partial charge >= 0.3 is 6.18 Å². The first-order chi connectivity index (χ1) is 13.2. The number of thioether (sulfide) groups is 1. The first-order valence-electron chi connectivity index (χ1n) is 9.15. The first-order valence-corrected chi connectivity index (χ1v) is 10.1. The number of alkyl halides is 3. The van der Waals surface area contributed by atoms with E-state index in [0.717, 1.165) is 36.3 Å². The van der Waals surface area contributed by atoms with Crippen LogP contribution in [0.5, 0.6) is 0 Å². The van der Waals surface area contributed by atoms with Crippen LogP contribution in [-0.4, -0.2) is 65.8 Å². The van der Waals surface area contributed by atoms with Crippen molar-refractivity contribution in [2.75, 3.05) is 45.0 Å². The van der Waals surface area contributed by atoms with Crippen LogP contribution in [0.4, 0.5) is 13.2 Å². The molecule has 2 aliphatic rings. The van der Waals surface area contributed by atoms with Crippen molar-refractivity contribution in [2.24, 2.45) is 0 Å². The van der Waals surface area contributed by atoms with Crippen LogP contribution < -0.4 is 5.32 Å². The number of nitrogens with zero attached hydrogens (tertiary/aromatic N) is 2. The molecule has 2 N–H and O–H groups in total. The van der Waals surface area contributed by atoms with Crippen molar-refractivity contribution < 1.29 is 23.1 Å². The Morgan fingerprint density at radius 2 is 1.82 bits per heavy atom. The van der Waals surface area contributed by atoms with Gasteiger partial charge < -0.3 is 10.4 Å². The number of aliphatic hydroxyl groups excluding tert-OH is 1. The monoisotopic (exact) mass is 415 g/mol. The molecule has 1 fully saturated rings. The van der Waals surface area contributed by atoms with Crippen LogP contribution in [-0.2, 0) is 11.0 Å². The van der Waals surface area contributed by atoms with Crippen LogP contribution in [0.15, 0.2) is 34.9 Å². The van der Waals surface area contributed by atoms with Gasteiger partial charge in [-0.2, -0.15) is 13.2 Å². The molecule has 2 heterocycles. The van der Waals surface area contributed by atoms with Gasteiger partial charge in [-0.1, -0.05) is 18.2 Å². The fourth-order valence-electron chi connectivity index (χ4n) is 3.46. The zero-order valence-electron chi connectivity index (χ0n) is 15.6. The summed E-state index contributed by atoms with van der Waals surface area (Å²) in [5.41, 5.74) is 0.0373. The van der Waals surface area contributed by atoms with Crippen LogP contribution in [0.1, 0.15) is 24.2 Å². The quantitative estimate of drug-likeness (QED) is 0.774. The van der Waals surface area contributed by atoms with E-state index in [1.54, 1.807) is 11.8 Å². The second-order valence-corrected chi connectivity index (χ2v) is 8.13. The third-order valence-electron chi connectivity index (χ3n) is 5.01. The molecule has 1 atom stereocenters. The number of allylic oxidation sites excluding steroid dienone is 1. The van der Waals surface area contributed by atoms with Gasteiger partial charge in [0, 0.05) is 49.9 Å². The molecule has 1 aromatic carbocycles. The van der Waals surface area contributed by atoms with Crippen LogP contribution in [0.2, 0.25) is 0 Å². The molecule has 1 amide bonds. The Labute approximate surface area is 166 Å². The van der Waals surface area contributed by atoms with Crippen molar-refractivity contribution in [3.8, 4) is 0 Å². The molecular weight excluding hydrogens is 391 g/mol. The van der Waals surface area contributed by atoms with Gasteiger partial charge in [0.15, 0.2) is 0 Å². The zero-order valence-corrected chi connectivity index (χ0v) is 16.4. The Bertz CT molecular complexity index is 746. The van der Waals surface area contributed by atoms with Gasteiger partial charge in [-0.05, 0) is 18.6 Å². The lowest BCUT2D eigenvalue weighted by molar-refractivity contribution is -0.139. The Kier molecular flexibility index (Phi) is 6.69. The van der Waals surface area contributed by atoms with E-state index in [0.29, 0.717) is 18.8 Å². The summed E-state index contributed by atoms with van der Waals surface area (Å²) >= 11 is 1.55. The molecule has 28 heavy (non-hydrogen) atoms. The lowest BCUT2D eigenvalue weighted by Crippen LogP contribution is -2.48. The van der Waals surface area contributed by atoms with Crippen LogP contribution in [0.25, 0.3) is 0 Å². The fourth-order valence-corrected chi connectivity index (χ4v) is 4.38. The molecule has 1 unspecified atom stereocenters. The van der Waals surface area contributed by atoms with Crippen molar-refractivity contribution in [3.63, 3.8) is 0 Å². The summed E-state index contributed by atoms with van der Waals surface area (Å²) in [7, 11) is 0. The number of β-amino-alcohol motifs (C(OH)–C–C–N with tert-alkyl or cyclic N) is 1. The largest absolute Gasteiger partial charge is 0.416 e. The van der Waals surface area contributed by atoms with E-state index in [9.17, 15) is 23.1 Å². The number of hydrogen-bond acceptors (Lipinski definition) is 5. The highest BCUT2D eigenvalue weighted by Gasteiger charge is 2.35. The van der Waals surface area contributed by atoms with Crippen molar-refractivity contribution in [3.05, 3.63) is 46.0 Å². The lowest BCUT2D eigenvalue weighted by atomic mass is 10.0. The van der Waals surface area contributed by atoms with Gasteiger partial charge in [-0.25, -0.2) is 0 Å². The number of rotatable bonds is 5. The van der Waals surface area contributed by atoms with Crippen molar-refractivity contribution in [1.82, 2.24) is 15.1 Å². The van der Waals surface area contributed by atoms with Gasteiger partial charge in [0.25, 0.3) is 0 Å². The molecular formula is C19H24F3N3O2S. The third kappa shape index (κ3) is 5.28. The summed E-state index contributed by atoms with van der Waals surface area (Å²) in [4.78, 5) is 16.8. The highest BCUT2D eigenvalue weighted by Crippen LogP contribution is 2.34. The number of halogens is 3. The summed E-state index contributed by atoms with van der Waals surface area (Å²) in [6.45, 7) is 5.70. The SMILES string of the molecule is CC1=C(CN2CCN(CC(O)c3ccccc3C(F)(F)F)CC2)SCC(=O)N1. The molecule has 3 rings (SSSR count). The molecule has 5 nitrogen and oxygen atoms in total. The topological polar surface area (TPSA) is 55.8 Å². The normalized spacial score (nSPS) is 21.0. The molecule has 0 radical (unpaired) electrons. The third-order valence-corrected chi connectivity index (χ3v) is 6.20. The fraction of sp³-hybridized carbons (Fsp3) is 0.526. The van der Waals surface area contributed by atoms with E-state index in [4.69, 9.17) is 0 Å². The summed E-state index contributed by atoms with van der Waals surface area (Å²) in [5.74, 6) is 0.446. The minimum Gasteiger partial charge on any atom is -0.387 e. The maximum Gasteiger partial charge on any atom is 0.416 e. The van der Waals surface area contributed by atoms with Gasteiger partial charge in [-0.3, -0.25) is 14.6 Å². The highest BCUT2D eigenvalue weighted by molar-refractivity contribution is 8.03. The van der Waals surface area contributed by atoms with Gasteiger partial charge in [-0.15, -0.1) is 11.8 Å². The predicted molar refractivity (Wildman–Crippen MR) is 103 cm³/mol.